The van der Waals surface area contributed by atoms with Crippen molar-refractivity contribution in [1.29, 1.82) is 0 Å². The number of carbonyl (C=O) groups is 1. The largest absolute Gasteiger partial charge is 0.466 e. The molecule has 0 aromatic heterocycles. The van der Waals surface area contributed by atoms with Crippen LogP contribution in [0.1, 0.15) is 85.5 Å². The summed E-state index contributed by atoms with van der Waals surface area (Å²) in [5, 5.41) is 33.1. The molecule has 0 spiro atoms. The molecule has 0 heterocycles. The molecule has 11 atom stereocenters. The summed E-state index contributed by atoms with van der Waals surface area (Å²) in [6.45, 7) is 9.13. The van der Waals surface area contributed by atoms with E-state index in [1.54, 1.807) is 0 Å². The molecule has 0 bridgehead atoms. The maximum absolute atomic E-state index is 11.9. The van der Waals surface area contributed by atoms with Crippen LogP contribution < -0.4 is 0 Å². The zero-order chi connectivity index (χ0) is 22.6. The van der Waals surface area contributed by atoms with Gasteiger partial charge >= 0.3 is 5.97 Å². The molecule has 0 amide bonds. The van der Waals surface area contributed by atoms with Gasteiger partial charge in [0.1, 0.15) is 0 Å². The topological polar surface area (TPSA) is 87.0 Å². The first-order chi connectivity index (χ1) is 14.6. The SMILES string of the molecule is CCOC(=O)CCC(C)C1CC[C@H]2C3[C@H](O)CC4C[C@H](O)CC[C@]4(C)[C@H]3C[C@H](O)[C@]12C. The van der Waals surface area contributed by atoms with Gasteiger partial charge in [0.2, 0.25) is 0 Å². The van der Waals surface area contributed by atoms with Crippen molar-refractivity contribution in [2.24, 2.45) is 46.3 Å². The van der Waals surface area contributed by atoms with Gasteiger partial charge in [-0.3, -0.25) is 4.79 Å². The zero-order valence-electron chi connectivity index (χ0n) is 19.9. The third-order valence-electron chi connectivity index (χ3n) is 10.6. The summed E-state index contributed by atoms with van der Waals surface area (Å²) in [4.78, 5) is 11.9. The maximum Gasteiger partial charge on any atom is 0.305 e. The fourth-order valence-corrected chi connectivity index (χ4v) is 8.91. The minimum atomic E-state index is -0.370. The second kappa shape index (κ2) is 8.61. The highest BCUT2D eigenvalue weighted by atomic mass is 16.5. The normalized spacial score (nSPS) is 50.2. The number of hydrogen-bond acceptors (Lipinski definition) is 5. The average Bonchev–Trinajstić information content (AvgIpc) is 3.07. The molecule has 4 aliphatic carbocycles. The van der Waals surface area contributed by atoms with Gasteiger partial charge in [-0.1, -0.05) is 20.8 Å². The second-order valence-electron chi connectivity index (χ2n) is 11.8. The van der Waals surface area contributed by atoms with Crippen LogP contribution in [0.4, 0.5) is 0 Å². The van der Waals surface area contributed by atoms with Crippen LogP contribution in [0.5, 0.6) is 0 Å². The van der Waals surface area contributed by atoms with E-state index in [1.165, 1.54) is 0 Å². The Balaban J connectivity index is 1.54. The van der Waals surface area contributed by atoms with Crippen LogP contribution in [-0.2, 0) is 9.53 Å². The third kappa shape index (κ3) is 3.77. The van der Waals surface area contributed by atoms with Gasteiger partial charge in [0.25, 0.3) is 0 Å². The van der Waals surface area contributed by atoms with Gasteiger partial charge in [0.15, 0.2) is 0 Å². The zero-order valence-corrected chi connectivity index (χ0v) is 19.9. The molecule has 31 heavy (non-hydrogen) atoms. The molecule has 4 rings (SSSR count). The van der Waals surface area contributed by atoms with Crippen LogP contribution in [0.25, 0.3) is 0 Å². The lowest BCUT2D eigenvalue weighted by molar-refractivity contribution is -0.207. The van der Waals surface area contributed by atoms with Crippen molar-refractivity contribution in [2.45, 2.75) is 104 Å². The minimum Gasteiger partial charge on any atom is -0.466 e. The van der Waals surface area contributed by atoms with E-state index in [0.717, 1.165) is 51.4 Å². The second-order valence-corrected chi connectivity index (χ2v) is 11.8. The first kappa shape index (κ1) is 23.5. The van der Waals surface area contributed by atoms with E-state index in [4.69, 9.17) is 4.74 Å². The molecular weight excluding hydrogens is 392 g/mol. The Hall–Kier alpha value is -0.650. The predicted octanol–water partition coefficient (Wildman–Crippen LogP) is 3.93. The number of aliphatic hydroxyl groups is 3. The smallest absolute Gasteiger partial charge is 0.305 e. The average molecular weight is 437 g/mol. The van der Waals surface area contributed by atoms with Crippen molar-refractivity contribution in [3.63, 3.8) is 0 Å². The monoisotopic (exact) mass is 436 g/mol. The molecule has 0 aliphatic heterocycles. The fourth-order valence-electron chi connectivity index (χ4n) is 8.91. The standard InChI is InChI=1S/C26H44O5/c1-5-31-23(30)9-6-15(2)18-7-8-19-24-20(14-22(29)26(18,19)4)25(3)11-10-17(27)12-16(25)13-21(24)28/h15-22,24,27-29H,5-14H2,1-4H3/t15?,16?,17-,18?,19+,20+,21-,22+,24?,25+,26-/m1/s1. The van der Waals surface area contributed by atoms with E-state index in [2.05, 4.69) is 20.8 Å². The van der Waals surface area contributed by atoms with Crippen molar-refractivity contribution >= 4 is 5.97 Å². The Labute approximate surface area is 187 Å². The van der Waals surface area contributed by atoms with Gasteiger partial charge in [0, 0.05) is 6.42 Å². The van der Waals surface area contributed by atoms with Gasteiger partial charge in [-0.05, 0) is 105 Å². The quantitative estimate of drug-likeness (QED) is 0.569. The van der Waals surface area contributed by atoms with Gasteiger partial charge < -0.3 is 20.1 Å². The summed E-state index contributed by atoms with van der Waals surface area (Å²) in [5.41, 5.74) is -0.0906. The van der Waals surface area contributed by atoms with Crippen LogP contribution in [0.3, 0.4) is 0 Å². The van der Waals surface area contributed by atoms with Crippen LogP contribution in [0.2, 0.25) is 0 Å². The van der Waals surface area contributed by atoms with E-state index in [1.807, 2.05) is 6.92 Å². The number of esters is 1. The minimum absolute atomic E-state index is 0.110. The molecule has 4 fully saturated rings. The lowest BCUT2D eigenvalue weighted by Gasteiger charge is -2.63. The Bertz CT molecular complexity index is 666. The van der Waals surface area contributed by atoms with Crippen LogP contribution in [0, 0.1) is 46.3 Å². The van der Waals surface area contributed by atoms with E-state index in [9.17, 15) is 20.1 Å². The lowest BCUT2D eigenvalue weighted by Crippen LogP contribution is -2.62. The number of carbonyl (C=O) groups excluding carboxylic acids is 1. The lowest BCUT2D eigenvalue weighted by atomic mass is 9.43. The van der Waals surface area contributed by atoms with E-state index in [-0.39, 0.29) is 41.0 Å². The van der Waals surface area contributed by atoms with Gasteiger partial charge in [-0.15, -0.1) is 0 Å². The molecule has 3 N–H and O–H groups in total. The van der Waals surface area contributed by atoms with Gasteiger partial charge in [-0.2, -0.15) is 0 Å². The molecule has 5 heteroatoms. The number of hydrogen-bond donors (Lipinski definition) is 3. The van der Waals surface area contributed by atoms with Crippen molar-refractivity contribution in [1.82, 2.24) is 0 Å². The number of fused-ring (bicyclic) bond motifs is 5. The summed E-state index contributed by atoms with van der Waals surface area (Å²) < 4.78 is 5.12. The van der Waals surface area contributed by atoms with Gasteiger partial charge in [0.05, 0.1) is 24.9 Å². The summed E-state index contributed by atoms with van der Waals surface area (Å²) in [5.74, 6) is 1.84. The molecule has 4 unspecified atom stereocenters. The Morgan fingerprint density at radius 1 is 1.06 bits per heavy atom. The number of aliphatic hydroxyl groups excluding tert-OH is 3. The van der Waals surface area contributed by atoms with Crippen LogP contribution in [-0.4, -0.2) is 46.2 Å². The molecule has 0 aromatic rings. The molecular formula is C26H44O5. The maximum atomic E-state index is 11.9. The van der Waals surface area contributed by atoms with Crippen molar-refractivity contribution in [2.75, 3.05) is 6.61 Å². The van der Waals surface area contributed by atoms with Crippen molar-refractivity contribution in [3.05, 3.63) is 0 Å². The number of ether oxygens (including phenoxy) is 1. The highest BCUT2D eigenvalue weighted by molar-refractivity contribution is 5.69. The molecule has 178 valence electrons. The third-order valence-corrected chi connectivity index (χ3v) is 10.6. The molecule has 4 saturated carbocycles. The molecule has 0 saturated heterocycles. The van der Waals surface area contributed by atoms with E-state index in [0.29, 0.717) is 42.6 Å². The summed E-state index contributed by atoms with van der Waals surface area (Å²) in [6, 6.07) is 0. The van der Waals surface area contributed by atoms with Crippen LogP contribution >= 0.6 is 0 Å². The Morgan fingerprint density at radius 2 is 1.81 bits per heavy atom. The molecule has 4 aliphatic rings. The fraction of sp³-hybridized carbons (Fsp3) is 0.962. The molecule has 5 nitrogen and oxygen atoms in total. The van der Waals surface area contributed by atoms with Crippen LogP contribution in [0.15, 0.2) is 0 Å². The molecule has 0 aromatic carbocycles. The Kier molecular flexibility index (Phi) is 6.53. The first-order valence-electron chi connectivity index (χ1n) is 12.8. The first-order valence-corrected chi connectivity index (χ1v) is 12.8. The molecule has 0 radical (unpaired) electrons. The summed E-state index contributed by atoms with van der Waals surface area (Å²) in [7, 11) is 0. The predicted molar refractivity (Wildman–Crippen MR) is 119 cm³/mol. The summed E-state index contributed by atoms with van der Waals surface area (Å²) >= 11 is 0. The highest BCUT2D eigenvalue weighted by Crippen LogP contribution is 2.68. The van der Waals surface area contributed by atoms with Gasteiger partial charge in [-0.25, -0.2) is 0 Å². The van der Waals surface area contributed by atoms with Crippen molar-refractivity contribution in [3.8, 4) is 0 Å². The van der Waals surface area contributed by atoms with E-state index < -0.39 is 0 Å². The summed E-state index contributed by atoms with van der Waals surface area (Å²) in [6.07, 6.45) is 6.62. The number of rotatable bonds is 5. The Morgan fingerprint density at radius 3 is 2.52 bits per heavy atom. The van der Waals surface area contributed by atoms with E-state index >= 15 is 0 Å². The van der Waals surface area contributed by atoms with Crippen molar-refractivity contribution < 1.29 is 24.9 Å². The highest BCUT2D eigenvalue weighted by Gasteiger charge is 2.65.